The Morgan fingerprint density at radius 2 is 1.79 bits per heavy atom. The van der Waals surface area contributed by atoms with Gasteiger partial charge in [-0.05, 0) is 47.1 Å². The molecule has 0 atom stereocenters. The second-order valence-electron chi connectivity index (χ2n) is 5.88. The molecule has 148 valence electrons. The standard InChI is InChI=1S/C20H21BrN2O5/c1-5-28-18(24)10-14-19(22-17-7-6-13(21)11-23(14)17)12-8-15(25-2)20(27-4)16(9-12)26-3/h6-9,11H,5,10H2,1-4H3. The first-order valence-electron chi connectivity index (χ1n) is 8.64. The van der Waals surface area contributed by atoms with E-state index in [4.69, 9.17) is 23.9 Å². The Kier molecular flexibility index (Phi) is 6.08. The smallest absolute Gasteiger partial charge is 0.311 e. The highest BCUT2D eigenvalue weighted by atomic mass is 79.9. The molecule has 0 spiro atoms. The van der Waals surface area contributed by atoms with Crippen LogP contribution in [0.25, 0.3) is 16.9 Å². The van der Waals surface area contributed by atoms with Gasteiger partial charge in [-0.2, -0.15) is 0 Å². The first-order valence-corrected chi connectivity index (χ1v) is 9.44. The molecule has 3 aromatic rings. The molecule has 0 saturated carbocycles. The van der Waals surface area contributed by atoms with Gasteiger partial charge >= 0.3 is 5.97 Å². The molecular weight excluding hydrogens is 428 g/mol. The van der Waals surface area contributed by atoms with Crippen molar-refractivity contribution in [2.24, 2.45) is 0 Å². The first kappa shape index (κ1) is 20.0. The van der Waals surface area contributed by atoms with E-state index in [0.717, 1.165) is 10.0 Å². The van der Waals surface area contributed by atoms with Crippen LogP contribution in [0.15, 0.2) is 34.9 Å². The Hall–Kier alpha value is -2.74. The molecular formula is C20H21BrN2O5. The van der Waals surface area contributed by atoms with Crippen LogP contribution in [0.3, 0.4) is 0 Å². The number of fused-ring (bicyclic) bond motifs is 1. The van der Waals surface area contributed by atoms with Crippen molar-refractivity contribution in [3.05, 3.63) is 40.6 Å². The topological polar surface area (TPSA) is 71.3 Å². The fourth-order valence-corrected chi connectivity index (χ4v) is 3.37. The van der Waals surface area contributed by atoms with Crippen LogP contribution in [0.4, 0.5) is 0 Å². The van der Waals surface area contributed by atoms with Crippen LogP contribution < -0.4 is 14.2 Å². The average Bonchev–Trinajstić information content (AvgIpc) is 3.04. The molecule has 0 bridgehead atoms. The molecule has 0 aliphatic carbocycles. The summed E-state index contributed by atoms with van der Waals surface area (Å²) < 4.78 is 24.2. The van der Waals surface area contributed by atoms with Gasteiger partial charge in [0.2, 0.25) is 5.75 Å². The number of carbonyl (C=O) groups is 1. The van der Waals surface area contributed by atoms with Crippen molar-refractivity contribution in [2.45, 2.75) is 13.3 Å². The Morgan fingerprint density at radius 1 is 1.11 bits per heavy atom. The molecule has 1 aromatic carbocycles. The zero-order valence-corrected chi connectivity index (χ0v) is 17.7. The number of imidazole rings is 1. The lowest BCUT2D eigenvalue weighted by atomic mass is 10.1. The molecule has 28 heavy (non-hydrogen) atoms. The second kappa shape index (κ2) is 8.52. The molecule has 0 amide bonds. The van der Waals surface area contributed by atoms with Crippen LogP contribution in [-0.4, -0.2) is 43.3 Å². The minimum atomic E-state index is -0.321. The van der Waals surface area contributed by atoms with Gasteiger partial charge in [0.1, 0.15) is 5.65 Å². The van der Waals surface area contributed by atoms with Crippen LogP contribution in [-0.2, 0) is 16.0 Å². The van der Waals surface area contributed by atoms with Crippen molar-refractivity contribution in [2.75, 3.05) is 27.9 Å². The maximum Gasteiger partial charge on any atom is 0.311 e. The number of aromatic nitrogens is 2. The van der Waals surface area contributed by atoms with Gasteiger partial charge < -0.3 is 23.3 Å². The largest absolute Gasteiger partial charge is 0.493 e. The third-order valence-corrected chi connectivity index (χ3v) is 4.71. The van der Waals surface area contributed by atoms with Gasteiger partial charge in [-0.1, -0.05) is 0 Å². The molecule has 0 unspecified atom stereocenters. The van der Waals surface area contributed by atoms with E-state index in [1.807, 2.05) is 34.9 Å². The minimum Gasteiger partial charge on any atom is -0.493 e. The van der Waals surface area contributed by atoms with Gasteiger partial charge in [-0.3, -0.25) is 4.79 Å². The zero-order chi connectivity index (χ0) is 20.3. The third kappa shape index (κ3) is 3.77. The van der Waals surface area contributed by atoms with Crippen molar-refractivity contribution in [3.63, 3.8) is 0 Å². The van der Waals surface area contributed by atoms with Gasteiger partial charge in [0.15, 0.2) is 11.5 Å². The molecule has 0 saturated heterocycles. The average molecular weight is 449 g/mol. The molecule has 3 rings (SSSR count). The van der Waals surface area contributed by atoms with Crippen molar-refractivity contribution >= 4 is 27.5 Å². The van der Waals surface area contributed by atoms with Gasteiger partial charge in [-0.25, -0.2) is 4.98 Å². The molecule has 0 N–H and O–H groups in total. The summed E-state index contributed by atoms with van der Waals surface area (Å²) in [4.78, 5) is 17.0. The van der Waals surface area contributed by atoms with E-state index in [1.165, 1.54) is 0 Å². The van der Waals surface area contributed by atoms with E-state index in [2.05, 4.69) is 15.9 Å². The third-order valence-electron chi connectivity index (χ3n) is 4.24. The number of rotatable bonds is 7. The predicted molar refractivity (Wildman–Crippen MR) is 108 cm³/mol. The number of pyridine rings is 1. The number of methoxy groups -OCH3 is 3. The van der Waals surface area contributed by atoms with E-state index in [9.17, 15) is 4.79 Å². The maximum absolute atomic E-state index is 12.2. The number of ether oxygens (including phenoxy) is 4. The van der Waals surface area contributed by atoms with E-state index in [-0.39, 0.29) is 12.4 Å². The Balaban J connectivity index is 2.23. The normalized spacial score (nSPS) is 10.8. The van der Waals surface area contributed by atoms with Gasteiger partial charge in [0, 0.05) is 16.2 Å². The summed E-state index contributed by atoms with van der Waals surface area (Å²) in [6.45, 7) is 2.10. The van der Waals surface area contributed by atoms with Crippen molar-refractivity contribution < 1.29 is 23.7 Å². The van der Waals surface area contributed by atoms with Crippen LogP contribution in [0.2, 0.25) is 0 Å². The SMILES string of the molecule is CCOC(=O)Cc1c(-c2cc(OC)c(OC)c(OC)c2)nc2ccc(Br)cn12. The Labute approximate surface area is 171 Å². The summed E-state index contributed by atoms with van der Waals surface area (Å²) in [7, 11) is 4.66. The van der Waals surface area contributed by atoms with E-state index in [1.54, 1.807) is 28.3 Å². The fourth-order valence-electron chi connectivity index (χ4n) is 3.03. The highest BCUT2D eigenvalue weighted by Gasteiger charge is 2.21. The fraction of sp³-hybridized carbons (Fsp3) is 0.300. The quantitative estimate of drug-likeness (QED) is 0.510. The molecule has 7 nitrogen and oxygen atoms in total. The second-order valence-corrected chi connectivity index (χ2v) is 6.79. The number of nitrogens with zero attached hydrogens (tertiary/aromatic N) is 2. The highest BCUT2D eigenvalue weighted by Crippen LogP contribution is 2.41. The molecule has 0 radical (unpaired) electrons. The van der Waals surface area contributed by atoms with Crippen LogP contribution in [0.5, 0.6) is 17.2 Å². The molecule has 2 aromatic heterocycles. The van der Waals surface area contributed by atoms with E-state index < -0.39 is 0 Å². The number of hydrogen-bond acceptors (Lipinski definition) is 6. The van der Waals surface area contributed by atoms with Crippen LogP contribution in [0.1, 0.15) is 12.6 Å². The van der Waals surface area contributed by atoms with Gasteiger partial charge in [0.25, 0.3) is 0 Å². The van der Waals surface area contributed by atoms with Gasteiger partial charge in [0.05, 0.1) is 45.7 Å². The molecule has 2 heterocycles. The maximum atomic E-state index is 12.2. The molecule has 8 heteroatoms. The lowest BCUT2D eigenvalue weighted by Gasteiger charge is -2.14. The number of esters is 1. The van der Waals surface area contributed by atoms with Crippen LogP contribution >= 0.6 is 15.9 Å². The first-order chi connectivity index (χ1) is 13.5. The predicted octanol–water partition coefficient (Wildman–Crippen LogP) is 3.90. The lowest BCUT2D eigenvalue weighted by molar-refractivity contribution is -0.142. The highest BCUT2D eigenvalue weighted by molar-refractivity contribution is 9.10. The molecule has 0 aliphatic heterocycles. The molecule has 0 aliphatic rings. The number of benzene rings is 1. The summed E-state index contributed by atoms with van der Waals surface area (Å²) in [6.07, 6.45) is 1.95. The van der Waals surface area contributed by atoms with Crippen LogP contribution in [0, 0.1) is 0 Å². The van der Waals surface area contributed by atoms with Crippen molar-refractivity contribution in [3.8, 4) is 28.5 Å². The summed E-state index contributed by atoms with van der Waals surface area (Å²) in [5.74, 6) is 1.19. The summed E-state index contributed by atoms with van der Waals surface area (Å²) in [6, 6.07) is 7.40. The lowest BCUT2D eigenvalue weighted by Crippen LogP contribution is -2.10. The Morgan fingerprint density at radius 3 is 2.36 bits per heavy atom. The number of hydrogen-bond donors (Lipinski definition) is 0. The Bertz CT molecular complexity index is 990. The zero-order valence-electron chi connectivity index (χ0n) is 16.1. The molecule has 0 fully saturated rings. The minimum absolute atomic E-state index is 0.0808. The van der Waals surface area contributed by atoms with E-state index >= 15 is 0 Å². The van der Waals surface area contributed by atoms with E-state index in [0.29, 0.717) is 40.9 Å². The van der Waals surface area contributed by atoms with Gasteiger partial charge in [-0.15, -0.1) is 0 Å². The van der Waals surface area contributed by atoms with Crippen molar-refractivity contribution in [1.29, 1.82) is 0 Å². The van der Waals surface area contributed by atoms with Crippen molar-refractivity contribution in [1.82, 2.24) is 9.38 Å². The summed E-state index contributed by atoms with van der Waals surface area (Å²) in [5.41, 5.74) is 2.81. The summed E-state index contributed by atoms with van der Waals surface area (Å²) >= 11 is 3.47. The monoisotopic (exact) mass is 448 g/mol. The number of carbonyl (C=O) groups excluding carboxylic acids is 1. The summed E-state index contributed by atoms with van der Waals surface area (Å²) in [5, 5.41) is 0. The number of halogens is 1.